The largest absolute Gasteiger partial charge is 0.331 e. The number of hydrogen-bond donors (Lipinski definition) is 1. The Kier molecular flexibility index (Phi) is 4.38. The summed E-state index contributed by atoms with van der Waals surface area (Å²) in [4.78, 5) is 26.1. The number of nitrogens with zero attached hydrogens (tertiary/aromatic N) is 3. The lowest BCUT2D eigenvalue weighted by atomic mass is 10.1. The number of anilines is 1. The van der Waals surface area contributed by atoms with Crippen molar-refractivity contribution in [2.45, 2.75) is 32.7 Å². The zero-order valence-corrected chi connectivity index (χ0v) is 14.2. The first kappa shape index (κ1) is 16.2. The molecule has 0 radical (unpaired) electrons. The highest BCUT2D eigenvalue weighted by atomic mass is 16.2. The van der Waals surface area contributed by atoms with Gasteiger partial charge in [0.05, 0.1) is 5.69 Å². The monoisotopic (exact) mass is 326 g/mol. The van der Waals surface area contributed by atoms with Crippen molar-refractivity contribution < 1.29 is 9.59 Å². The fourth-order valence-corrected chi connectivity index (χ4v) is 3.37. The zero-order chi connectivity index (χ0) is 17.3. The van der Waals surface area contributed by atoms with Gasteiger partial charge in [-0.1, -0.05) is 30.3 Å². The van der Waals surface area contributed by atoms with Gasteiger partial charge in [-0.3, -0.25) is 14.3 Å². The first-order valence-corrected chi connectivity index (χ1v) is 8.16. The van der Waals surface area contributed by atoms with Crippen LogP contribution in [-0.2, 0) is 16.6 Å². The fourth-order valence-electron chi connectivity index (χ4n) is 3.37. The number of nitrogens with one attached hydrogen (secondary N) is 1. The number of amides is 2. The Bertz CT molecular complexity index is 767. The Hall–Kier alpha value is -2.63. The maximum atomic E-state index is 12.7. The maximum absolute atomic E-state index is 12.7. The molecule has 0 saturated carbocycles. The van der Waals surface area contributed by atoms with Gasteiger partial charge in [-0.2, -0.15) is 5.10 Å². The molecule has 1 saturated heterocycles. The first-order chi connectivity index (χ1) is 11.5. The molecule has 0 aliphatic carbocycles. The van der Waals surface area contributed by atoms with E-state index in [-0.39, 0.29) is 11.8 Å². The minimum absolute atomic E-state index is 0.0582. The van der Waals surface area contributed by atoms with E-state index in [1.54, 1.807) is 9.58 Å². The first-order valence-electron chi connectivity index (χ1n) is 8.16. The second kappa shape index (κ2) is 6.47. The minimum atomic E-state index is -0.402. The van der Waals surface area contributed by atoms with Crippen LogP contribution >= 0.6 is 0 Å². The van der Waals surface area contributed by atoms with Gasteiger partial charge in [0.2, 0.25) is 11.8 Å². The number of aryl methyl sites for hydroxylation is 2. The van der Waals surface area contributed by atoms with Crippen molar-refractivity contribution in [2.24, 2.45) is 7.05 Å². The SMILES string of the molecule is CC(=O)N1CCC[C@H]1C(=O)Nc1c(-c2ccccc2)c(C)nn1C. The molecule has 1 aromatic carbocycles. The average Bonchev–Trinajstić information content (AvgIpc) is 3.14. The summed E-state index contributed by atoms with van der Waals surface area (Å²) in [5.74, 6) is 0.458. The van der Waals surface area contributed by atoms with E-state index < -0.39 is 6.04 Å². The second-order valence-corrected chi connectivity index (χ2v) is 6.16. The van der Waals surface area contributed by atoms with E-state index in [4.69, 9.17) is 0 Å². The average molecular weight is 326 g/mol. The van der Waals surface area contributed by atoms with Crippen LogP contribution in [0.3, 0.4) is 0 Å². The highest BCUT2D eigenvalue weighted by Gasteiger charge is 2.33. The van der Waals surface area contributed by atoms with Gasteiger partial charge in [0.25, 0.3) is 0 Å². The third kappa shape index (κ3) is 2.91. The number of rotatable bonds is 3. The molecule has 1 aliphatic rings. The van der Waals surface area contributed by atoms with Crippen LogP contribution in [0.25, 0.3) is 11.1 Å². The zero-order valence-electron chi connectivity index (χ0n) is 14.2. The molecule has 24 heavy (non-hydrogen) atoms. The third-order valence-corrected chi connectivity index (χ3v) is 4.49. The molecule has 0 unspecified atom stereocenters. The summed E-state index contributed by atoms with van der Waals surface area (Å²) in [6.45, 7) is 4.08. The van der Waals surface area contributed by atoms with Gasteiger partial charge in [-0.05, 0) is 25.3 Å². The lowest BCUT2D eigenvalue weighted by Gasteiger charge is -2.22. The maximum Gasteiger partial charge on any atom is 0.248 e. The van der Waals surface area contributed by atoms with E-state index in [2.05, 4.69) is 10.4 Å². The van der Waals surface area contributed by atoms with E-state index in [1.807, 2.05) is 44.3 Å². The van der Waals surface area contributed by atoms with Crippen molar-refractivity contribution in [1.82, 2.24) is 14.7 Å². The van der Waals surface area contributed by atoms with Crippen LogP contribution in [0.1, 0.15) is 25.5 Å². The molecule has 1 aliphatic heterocycles. The van der Waals surface area contributed by atoms with Crippen LogP contribution in [-0.4, -0.2) is 39.1 Å². The fraction of sp³-hybridized carbons (Fsp3) is 0.389. The summed E-state index contributed by atoms with van der Waals surface area (Å²) in [7, 11) is 1.81. The lowest BCUT2D eigenvalue weighted by molar-refractivity contribution is -0.134. The van der Waals surface area contributed by atoms with Gasteiger partial charge < -0.3 is 10.2 Å². The van der Waals surface area contributed by atoms with E-state index in [1.165, 1.54) is 6.92 Å². The Morgan fingerprint density at radius 2 is 1.96 bits per heavy atom. The van der Waals surface area contributed by atoms with Crippen LogP contribution in [0.5, 0.6) is 0 Å². The van der Waals surface area contributed by atoms with Crippen LogP contribution < -0.4 is 5.32 Å². The molecule has 3 rings (SSSR count). The van der Waals surface area contributed by atoms with E-state index in [0.29, 0.717) is 18.8 Å². The normalized spacial score (nSPS) is 17.1. The number of hydrogen-bond acceptors (Lipinski definition) is 3. The molecule has 2 aromatic rings. The van der Waals surface area contributed by atoms with Gasteiger partial charge >= 0.3 is 0 Å². The highest BCUT2D eigenvalue weighted by molar-refractivity contribution is 5.99. The van der Waals surface area contributed by atoms with Gasteiger partial charge in [0.1, 0.15) is 11.9 Å². The molecule has 1 atom stereocenters. The molecule has 0 bridgehead atoms. The van der Waals surface area contributed by atoms with Crippen molar-refractivity contribution in [3.8, 4) is 11.1 Å². The molecule has 126 valence electrons. The number of carbonyl (C=O) groups is 2. The van der Waals surface area contributed by atoms with Crippen molar-refractivity contribution >= 4 is 17.6 Å². The molecule has 1 fully saturated rings. The summed E-state index contributed by atoms with van der Waals surface area (Å²) < 4.78 is 1.68. The summed E-state index contributed by atoms with van der Waals surface area (Å²) in [6, 6.07) is 9.47. The lowest BCUT2D eigenvalue weighted by Crippen LogP contribution is -2.42. The smallest absolute Gasteiger partial charge is 0.248 e. The second-order valence-electron chi connectivity index (χ2n) is 6.16. The predicted octanol–water partition coefficient (Wildman–Crippen LogP) is 2.34. The van der Waals surface area contributed by atoms with Gasteiger partial charge in [0, 0.05) is 26.1 Å². The van der Waals surface area contributed by atoms with Gasteiger partial charge in [0.15, 0.2) is 0 Å². The molecular formula is C18H22N4O2. The van der Waals surface area contributed by atoms with Gasteiger partial charge in [-0.25, -0.2) is 0 Å². The van der Waals surface area contributed by atoms with Crippen molar-refractivity contribution in [3.05, 3.63) is 36.0 Å². The molecular weight excluding hydrogens is 304 g/mol. The Morgan fingerprint density at radius 1 is 1.25 bits per heavy atom. The Labute approximate surface area is 141 Å². The molecule has 6 nitrogen and oxygen atoms in total. The van der Waals surface area contributed by atoms with Crippen LogP contribution in [0.2, 0.25) is 0 Å². The van der Waals surface area contributed by atoms with Crippen molar-refractivity contribution in [1.29, 1.82) is 0 Å². The van der Waals surface area contributed by atoms with Crippen molar-refractivity contribution in [3.63, 3.8) is 0 Å². The molecule has 6 heteroatoms. The Balaban J connectivity index is 1.91. The number of likely N-dealkylation sites (tertiary alicyclic amines) is 1. The molecule has 1 N–H and O–H groups in total. The highest BCUT2D eigenvalue weighted by Crippen LogP contribution is 2.31. The molecule has 2 amide bonds. The quantitative estimate of drug-likeness (QED) is 0.941. The standard InChI is InChI=1S/C18H22N4O2/c1-12-16(14-8-5-4-6-9-14)17(21(3)20-12)19-18(24)15-10-7-11-22(15)13(2)23/h4-6,8-9,15H,7,10-11H2,1-3H3,(H,19,24)/t15-/m0/s1. The molecule has 2 heterocycles. The van der Waals surface area contributed by atoms with Crippen LogP contribution in [0.15, 0.2) is 30.3 Å². The predicted molar refractivity (Wildman–Crippen MR) is 92.4 cm³/mol. The summed E-state index contributed by atoms with van der Waals surface area (Å²) >= 11 is 0. The summed E-state index contributed by atoms with van der Waals surface area (Å²) in [5.41, 5.74) is 2.78. The van der Waals surface area contributed by atoms with Crippen molar-refractivity contribution in [2.75, 3.05) is 11.9 Å². The molecule has 1 aromatic heterocycles. The van der Waals surface area contributed by atoms with E-state index in [0.717, 1.165) is 23.2 Å². The summed E-state index contributed by atoms with van der Waals surface area (Å²) in [5, 5.41) is 7.44. The number of aromatic nitrogens is 2. The minimum Gasteiger partial charge on any atom is -0.331 e. The van der Waals surface area contributed by atoms with Crippen LogP contribution in [0, 0.1) is 6.92 Å². The number of carbonyl (C=O) groups excluding carboxylic acids is 2. The third-order valence-electron chi connectivity index (χ3n) is 4.49. The molecule has 0 spiro atoms. The number of benzene rings is 1. The van der Waals surface area contributed by atoms with Crippen LogP contribution in [0.4, 0.5) is 5.82 Å². The van der Waals surface area contributed by atoms with E-state index in [9.17, 15) is 9.59 Å². The summed E-state index contributed by atoms with van der Waals surface area (Å²) in [6.07, 6.45) is 1.55. The van der Waals surface area contributed by atoms with Gasteiger partial charge in [-0.15, -0.1) is 0 Å². The van der Waals surface area contributed by atoms with E-state index >= 15 is 0 Å². The Morgan fingerprint density at radius 3 is 2.62 bits per heavy atom. The topological polar surface area (TPSA) is 67.2 Å².